The summed E-state index contributed by atoms with van der Waals surface area (Å²) in [5, 5.41) is 11.1. The molecule has 1 N–H and O–H groups in total. The largest absolute Gasteiger partial charge is 0.469 e. The van der Waals surface area contributed by atoms with E-state index in [4.69, 9.17) is 0 Å². The minimum Gasteiger partial charge on any atom is -0.469 e. The quantitative estimate of drug-likeness (QED) is 0.404. The molecule has 1 aromatic rings. The zero-order valence-electron chi connectivity index (χ0n) is 14.8. The second kappa shape index (κ2) is 8.91. The van der Waals surface area contributed by atoms with E-state index in [1.54, 1.807) is 6.92 Å². The highest BCUT2D eigenvalue weighted by Crippen LogP contribution is 2.25. The third-order valence-electron chi connectivity index (χ3n) is 4.20. The summed E-state index contributed by atoms with van der Waals surface area (Å²) in [5.74, 6) is -1.000. The molecule has 0 bridgehead atoms. The number of benzene rings is 1. The number of carbonyl (C=O) groups is 1. The molecular weight excluding hydrogens is 348 g/mol. The second-order valence-corrected chi connectivity index (χ2v) is 7.68. The van der Waals surface area contributed by atoms with Crippen molar-refractivity contribution in [1.29, 1.82) is 0 Å². The Hall–Kier alpha value is -2.00. The van der Waals surface area contributed by atoms with Crippen molar-refractivity contribution in [3.8, 4) is 0 Å². The Kier molecular flexibility index (Phi) is 7.50. The van der Waals surface area contributed by atoms with Crippen LogP contribution in [-0.2, 0) is 19.6 Å². The molecular formula is C16H24N2O6S. The maximum atomic E-state index is 12.7. The van der Waals surface area contributed by atoms with E-state index in [0.717, 1.165) is 6.07 Å². The maximum absolute atomic E-state index is 12.7. The number of nitro groups is 1. The van der Waals surface area contributed by atoms with Crippen LogP contribution in [0.1, 0.15) is 33.6 Å². The summed E-state index contributed by atoms with van der Waals surface area (Å²) < 4.78 is 32.6. The van der Waals surface area contributed by atoms with Crippen LogP contribution in [0.25, 0.3) is 0 Å². The van der Waals surface area contributed by atoms with Crippen molar-refractivity contribution < 1.29 is 22.9 Å². The van der Waals surface area contributed by atoms with Crippen LogP contribution in [0.15, 0.2) is 29.2 Å². The lowest BCUT2D eigenvalue weighted by Gasteiger charge is -2.26. The van der Waals surface area contributed by atoms with Crippen LogP contribution < -0.4 is 4.72 Å². The summed E-state index contributed by atoms with van der Waals surface area (Å²) in [5.41, 5.74) is -0.487. The number of carbonyl (C=O) groups excluding carboxylic acids is 1. The summed E-state index contributed by atoms with van der Waals surface area (Å²) >= 11 is 0. The van der Waals surface area contributed by atoms with E-state index in [0.29, 0.717) is 6.42 Å². The standard InChI is InChI=1S/C16H24N2O6S/c1-5-11(2)13(10-12(3)16(19)24-4)17-25(22,23)15-9-7-6-8-14(15)18(20)21/h6-9,11-13,17H,5,10H2,1-4H3/t11-,12+,13+/m0/s1. The van der Waals surface area contributed by atoms with Gasteiger partial charge in [-0.2, -0.15) is 0 Å². The third-order valence-corrected chi connectivity index (χ3v) is 5.74. The maximum Gasteiger partial charge on any atom is 0.308 e. The molecule has 1 rings (SSSR count). The van der Waals surface area contributed by atoms with Gasteiger partial charge in [-0.15, -0.1) is 0 Å². The molecule has 0 aliphatic heterocycles. The lowest BCUT2D eigenvalue weighted by molar-refractivity contribution is -0.387. The highest BCUT2D eigenvalue weighted by Gasteiger charge is 2.31. The first-order valence-electron chi connectivity index (χ1n) is 7.97. The molecule has 0 heterocycles. The van der Waals surface area contributed by atoms with Crippen LogP contribution in [0, 0.1) is 22.0 Å². The van der Waals surface area contributed by atoms with E-state index >= 15 is 0 Å². The predicted molar refractivity (Wildman–Crippen MR) is 92.5 cm³/mol. The van der Waals surface area contributed by atoms with Gasteiger partial charge in [0.25, 0.3) is 5.69 Å². The van der Waals surface area contributed by atoms with Crippen molar-refractivity contribution in [1.82, 2.24) is 4.72 Å². The Bertz CT molecular complexity index is 719. The van der Waals surface area contributed by atoms with E-state index in [2.05, 4.69) is 9.46 Å². The Balaban J connectivity index is 3.15. The summed E-state index contributed by atoms with van der Waals surface area (Å²) in [6, 6.07) is 4.62. The first-order valence-corrected chi connectivity index (χ1v) is 9.45. The zero-order valence-corrected chi connectivity index (χ0v) is 15.6. The van der Waals surface area contributed by atoms with Gasteiger partial charge in [0.15, 0.2) is 4.90 Å². The van der Waals surface area contributed by atoms with Crippen molar-refractivity contribution in [3.63, 3.8) is 0 Å². The summed E-state index contributed by atoms with van der Waals surface area (Å²) in [7, 11) is -2.84. The average molecular weight is 372 g/mol. The lowest BCUT2D eigenvalue weighted by Crippen LogP contribution is -2.41. The van der Waals surface area contributed by atoms with Gasteiger partial charge in [0, 0.05) is 12.1 Å². The smallest absolute Gasteiger partial charge is 0.308 e. The molecule has 0 fully saturated rings. The van der Waals surface area contributed by atoms with Gasteiger partial charge in [-0.25, -0.2) is 13.1 Å². The number of nitro benzene ring substituents is 1. The first kappa shape index (κ1) is 21.0. The van der Waals surface area contributed by atoms with Gasteiger partial charge in [0.1, 0.15) is 0 Å². The molecule has 1 aromatic carbocycles. The van der Waals surface area contributed by atoms with E-state index in [1.807, 2.05) is 13.8 Å². The van der Waals surface area contributed by atoms with E-state index < -0.39 is 38.6 Å². The highest BCUT2D eigenvalue weighted by molar-refractivity contribution is 7.89. The molecule has 0 saturated carbocycles. The monoisotopic (exact) mass is 372 g/mol. The number of hydrogen-bond donors (Lipinski definition) is 1. The van der Waals surface area contributed by atoms with Gasteiger partial charge in [-0.1, -0.05) is 39.3 Å². The van der Waals surface area contributed by atoms with Gasteiger partial charge < -0.3 is 4.74 Å². The molecule has 0 radical (unpaired) electrons. The third kappa shape index (κ3) is 5.50. The number of hydrogen-bond acceptors (Lipinski definition) is 6. The highest BCUT2D eigenvalue weighted by atomic mass is 32.2. The van der Waals surface area contributed by atoms with Gasteiger partial charge in [0.2, 0.25) is 10.0 Å². The number of esters is 1. The number of methoxy groups -OCH3 is 1. The average Bonchev–Trinajstić information content (AvgIpc) is 2.59. The van der Waals surface area contributed by atoms with Crippen LogP contribution in [0.2, 0.25) is 0 Å². The number of nitrogens with one attached hydrogen (secondary N) is 1. The Morgan fingerprint density at radius 1 is 1.32 bits per heavy atom. The van der Waals surface area contributed by atoms with E-state index in [-0.39, 0.29) is 17.2 Å². The molecule has 0 saturated heterocycles. The first-order chi connectivity index (χ1) is 11.6. The summed E-state index contributed by atoms with van der Waals surface area (Å²) in [4.78, 5) is 21.6. The fourth-order valence-electron chi connectivity index (χ4n) is 2.46. The molecule has 9 heteroatoms. The van der Waals surface area contributed by atoms with Crippen LogP contribution in [0.5, 0.6) is 0 Å². The number of rotatable bonds is 9. The molecule has 0 spiro atoms. The molecule has 25 heavy (non-hydrogen) atoms. The van der Waals surface area contributed by atoms with Crippen molar-refractivity contribution in [2.24, 2.45) is 11.8 Å². The topological polar surface area (TPSA) is 116 Å². The Morgan fingerprint density at radius 3 is 2.44 bits per heavy atom. The molecule has 8 nitrogen and oxygen atoms in total. The fourth-order valence-corrected chi connectivity index (χ4v) is 3.99. The molecule has 0 amide bonds. The minimum atomic E-state index is -4.11. The van der Waals surface area contributed by atoms with Crippen molar-refractivity contribution in [2.75, 3.05) is 7.11 Å². The van der Waals surface area contributed by atoms with Gasteiger partial charge in [-0.05, 0) is 18.4 Å². The van der Waals surface area contributed by atoms with Crippen LogP contribution >= 0.6 is 0 Å². The normalized spacial score (nSPS) is 15.2. The van der Waals surface area contributed by atoms with E-state index in [9.17, 15) is 23.3 Å². The Morgan fingerprint density at radius 2 is 1.92 bits per heavy atom. The number of ether oxygens (including phenoxy) is 1. The number of sulfonamides is 1. The van der Waals surface area contributed by atoms with Gasteiger partial charge in [-0.3, -0.25) is 14.9 Å². The number of nitrogens with zero attached hydrogens (tertiary/aromatic N) is 1. The lowest BCUT2D eigenvalue weighted by atomic mass is 9.91. The second-order valence-electron chi connectivity index (χ2n) is 6.00. The SMILES string of the molecule is CC[C@H](C)[C@@H](C[C@@H](C)C(=O)OC)NS(=O)(=O)c1ccccc1[N+](=O)[O-]. The molecule has 140 valence electrons. The predicted octanol–water partition coefficient (Wildman–Crippen LogP) is 2.49. The number of para-hydroxylation sites is 1. The van der Waals surface area contributed by atoms with Gasteiger partial charge >= 0.3 is 5.97 Å². The Labute approximate surface area is 147 Å². The molecule has 0 unspecified atom stereocenters. The summed E-state index contributed by atoms with van der Waals surface area (Å²) in [6.45, 7) is 5.41. The zero-order chi connectivity index (χ0) is 19.2. The molecule has 0 aromatic heterocycles. The molecule has 3 atom stereocenters. The van der Waals surface area contributed by atoms with Crippen LogP contribution in [-0.4, -0.2) is 32.5 Å². The van der Waals surface area contributed by atoms with Crippen molar-refractivity contribution >= 4 is 21.7 Å². The fraction of sp³-hybridized carbons (Fsp3) is 0.562. The summed E-state index contributed by atoms with van der Waals surface area (Å²) in [6.07, 6.45) is 0.916. The van der Waals surface area contributed by atoms with Crippen LogP contribution in [0.4, 0.5) is 5.69 Å². The van der Waals surface area contributed by atoms with Crippen molar-refractivity contribution in [3.05, 3.63) is 34.4 Å². The minimum absolute atomic E-state index is 0.0651. The van der Waals surface area contributed by atoms with Crippen LogP contribution in [0.3, 0.4) is 0 Å². The molecule has 0 aliphatic carbocycles. The molecule has 0 aliphatic rings. The van der Waals surface area contributed by atoms with Crippen molar-refractivity contribution in [2.45, 2.75) is 44.6 Å². The van der Waals surface area contributed by atoms with Gasteiger partial charge in [0.05, 0.1) is 18.0 Å². The van der Waals surface area contributed by atoms with E-state index in [1.165, 1.54) is 25.3 Å².